The summed E-state index contributed by atoms with van der Waals surface area (Å²) in [6.45, 7) is 11.6. The van der Waals surface area contributed by atoms with Crippen LogP contribution >= 0.6 is 0 Å². The van der Waals surface area contributed by atoms with E-state index in [4.69, 9.17) is 0 Å². The highest BCUT2D eigenvalue weighted by atomic mass is 16.3. The molecule has 1 aromatic carbocycles. The molecular weight excluding hydrogens is 224 g/mol. The summed E-state index contributed by atoms with van der Waals surface area (Å²) < 4.78 is 0. The highest BCUT2D eigenvalue weighted by Gasteiger charge is 2.30. The molecule has 1 N–H and O–H groups in total. The molecule has 0 saturated heterocycles. The second kappa shape index (κ2) is 5.23. The van der Waals surface area contributed by atoms with Crippen molar-refractivity contribution in [3.05, 3.63) is 34.9 Å². The van der Waals surface area contributed by atoms with E-state index < -0.39 is 11.5 Å². The smallest absolute Gasteiger partial charge is 0.171 e. The maximum absolute atomic E-state index is 12.1. The molecule has 1 rings (SSSR count). The number of aliphatic hydroxyl groups excluding tert-OH is 1. The van der Waals surface area contributed by atoms with E-state index in [1.165, 1.54) is 0 Å². The third-order valence-electron chi connectivity index (χ3n) is 3.25. The Labute approximate surface area is 110 Å². The van der Waals surface area contributed by atoms with Gasteiger partial charge in [-0.1, -0.05) is 52.8 Å². The van der Waals surface area contributed by atoms with Crippen LogP contribution in [0, 0.1) is 12.3 Å². The largest absolute Gasteiger partial charge is 0.381 e. The summed E-state index contributed by atoms with van der Waals surface area (Å²) in [6.07, 6.45) is -1.02. The Hall–Kier alpha value is -1.15. The van der Waals surface area contributed by atoms with E-state index in [1.807, 2.05) is 39.8 Å². The Morgan fingerprint density at radius 2 is 1.78 bits per heavy atom. The summed E-state index contributed by atoms with van der Waals surface area (Å²) in [5.41, 5.74) is 2.32. The normalized spacial score (nSPS) is 13.8. The first kappa shape index (κ1) is 14.9. The Bertz CT molecular complexity index is 439. The third kappa shape index (κ3) is 3.20. The van der Waals surface area contributed by atoms with Gasteiger partial charge in [-0.15, -0.1) is 0 Å². The molecule has 100 valence electrons. The minimum absolute atomic E-state index is 0.133. The lowest BCUT2D eigenvalue weighted by Crippen LogP contribution is -2.27. The summed E-state index contributed by atoms with van der Waals surface area (Å²) >= 11 is 0. The van der Waals surface area contributed by atoms with Crippen LogP contribution in [-0.2, 0) is 4.79 Å². The van der Waals surface area contributed by atoms with Crippen LogP contribution in [0.2, 0.25) is 0 Å². The van der Waals surface area contributed by atoms with E-state index in [-0.39, 0.29) is 5.78 Å². The fraction of sp³-hybridized carbons (Fsp3) is 0.562. The number of ketones is 1. The number of aryl methyl sites for hydroxylation is 1. The molecule has 0 radical (unpaired) electrons. The number of Topliss-reactive ketones (excluding diaryl/α,β-unsaturated/α-hetero) is 1. The molecular formula is C16H24O2. The Morgan fingerprint density at radius 1 is 1.22 bits per heavy atom. The lowest BCUT2D eigenvalue weighted by atomic mass is 9.83. The maximum atomic E-state index is 12.1. The van der Waals surface area contributed by atoms with Crippen molar-refractivity contribution < 1.29 is 9.90 Å². The predicted molar refractivity (Wildman–Crippen MR) is 74.7 cm³/mol. The quantitative estimate of drug-likeness (QED) is 0.884. The molecule has 2 nitrogen and oxygen atoms in total. The SMILES string of the molecule is Cc1ccc(C(C)C)cc1C(O)C(=O)C(C)(C)C. The molecule has 0 aliphatic carbocycles. The molecule has 0 heterocycles. The summed E-state index contributed by atoms with van der Waals surface area (Å²) in [7, 11) is 0. The molecule has 0 aromatic heterocycles. The molecule has 0 bridgehead atoms. The van der Waals surface area contributed by atoms with E-state index in [0.29, 0.717) is 5.92 Å². The van der Waals surface area contributed by atoms with Crippen LogP contribution < -0.4 is 0 Å². The minimum atomic E-state index is -1.02. The first-order valence-electron chi connectivity index (χ1n) is 6.47. The van der Waals surface area contributed by atoms with Crippen LogP contribution in [0.1, 0.15) is 63.3 Å². The highest BCUT2D eigenvalue weighted by Crippen LogP contribution is 2.29. The number of aliphatic hydroxyl groups is 1. The van der Waals surface area contributed by atoms with Gasteiger partial charge < -0.3 is 5.11 Å². The van der Waals surface area contributed by atoms with Gasteiger partial charge in [0.2, 0.25) is 0 Å². The monoisotopic (exact) mass is 248 g/mol. The van der Waals surface area contributed by atoms with Gasteiger partial charge in [-0.05, 0) is 29.5 Å². The first-order valence-corrected chi connectivity index (χ1v) is 6.47. The van der Waals surface area contributed by atoms with Crippen molar-refractivity contribution in [1.82, 2.24) is 0 Å². The van der Waals surface area contributed by atoms with Crippen LogP contribution in [0.5, 0.6) is 0 Å². The lowest BCUT2D eigenvalue weighted by molar-refractivity contribution is -0.135. The molecule has 0 saturated carbocycles. The van der Waals surface area contributed by atoms with Gasteiger partial charge >= 0.3 is 0 Å². The average molecular weight is 248 g/mol. The molecule has 1 atom stereocenters. The summed E-state index contributed by atoms with van der Waals surface area (Å²) in [5.74, 6) is 0.257. The van der Waals surface area contributed by atoms with Crippen molar-refractivity contribution in [2.24, 2.45) is 5.41 Å². The molecule has 2 heteroatoms. The van der Waals surface area contributed by atoms with Gasteiger partial charge in [0.1, 0.15) is 6.10 Å². The van der Waals surface area contributed by atoms with Gasteiger partial charge in [0.25, 0.3) is 0 Å². The first-order chi connectivity index (χ1) is 8.14. The van der Waals surface area contributed by atoms with E-state index >= 15 is 0 Å². The molecule has 18 heavy (non-hydrogen) atoms. The van der Waals surface area contributed by atoms with Gasteiger partial charge in [-0.25, -0.2) is 0 Å². The van der Waals surface area contributed by atoms with Crippen molar-refractivity contribution in [1.29, 1.82) is 0 Å². The number of carbonyl (C=O) groups is 1. The Kier molecular flexibility index (Phi) is 4.33. The second-order valence-corrected chi connectivity index (χ2v) is 6.29. The zero-order chi connectivity index (χ0) is 14.1. The number of benzene rings is 1. The molecule has 0 aliphatic heterocycles. The van der Waals surface area contributed by atoms with Crippen molar-refractivity contribution in [3.63, 3.8) is 0 Å². The van der Waals surface area contributed by atoms with E-state index in [1.54, 1.807) is 0 Å². The van der Waals surface area contributed by atoms with Gasteiger partial charge in [0.15, 0.2) is 5.78 Å². The molecule has 0 amide bonds. The average Bonchev–Trinajstić information content (AvgIpc) is 2.26. The lowest BCUT2D eigenvalue weighted by Gasteiger charge is -2.23. The maximum Gasteiger partial charge on any atom is 0.171 e. The van der Waals surface area contributed by atoms with E-state index in [2.05, 4.69) is 19.9 Å². The Morgan fingerprint density at radius 3 is 2.22 bits per heavy atom. The van der Waals surface area contributed by atoms with Gasteiger partial charge in [0.05, 0.1) is 0 Å². The Balaban J connectivity index is 3.16. The van der Waals surface area contributed by atoms with Crippen LogP contribution in [0.15, 0.2) is 18.2 Å². The van der Waals surface area contributed by atoms with Crippen LogP contribution in [-0.4, -0.2) is 10.9 Å². The number of rotatable bonds is 3. The summed E-state index contributed by atoms with van der Waals surface area (Å²) in [5, 5.41) is 10.3. The van der Waals surface area contributed by atoms with Gasteiger partial charge in [-0.3, -0.25) is 4.79 Å². The minimum Gasteiger partial charge on any atom is -0.381 e. The fourth-order valence-electron chi connectivity index (χ4n) is 1.86. The van der Waals surface area contributed by atoms with Crippen LogP contribution in [0.25, 0.3) is 0 Å². The summed E-state index contributed by atoms with van der Waals surface area (Å²) in [4.78, 5) is 12.1. The third-order valence-corrected chi connectivity index (χ3v) is 3.25. The van der Waals surface area contributed by atoms with Gasteiger partial charge in [-0.2, -0.15) is 0 Å². The highest BCUT2D eigenvalue weighted by molar-refractivity contribution is 5.89. The predicted octanol–water partition coefficient (Wildman–Crippen LogP) is 3.77. The van der Waals surface area contributed by atoms with Crippen molar-refractivity contribution in [2.45, 2.75) is 53.6 Å². The van der Waals surface area contributed by atoms with Gasteiger partial charge in [0, 0.05) is 5.41 Å². The molecule has 0 fully saturated rings. The number of carbonyl (C=O) groups excluding carboxylic acids is 1. The topological polar surface area (TPSA) is 37.3 Å². The zero-order valence-corrected chi connectivity index (χ0v) is 12.2. The van der Waals surface area contributed by atoms with E-state index in [0.717, 1.165) is 16.7 Å². The zero-order valence-electron chi connectivity index (χ0n) is 12.2. The molecule has 1 aromatic rings. The summed E-state index contributed by atoms with van der Waals surface area (Å²) in [6, 6.07) is 5.98. The van der Waals surface area contributed by atoms with Crippen LogP contribution in [0.3, 0.4) is 0 Å². The second-order valence-electron chi connectivity index (χ2n) is 6.29. The van der Waals surface area contributed by atoms with E-state index in [9.17, 15) is 9.90 Å². The molecule has 0 spiro atoms. The molecule has 1 unspecified atom stereocenters. The number of hydrogen-bond acceptors (Lipinski definition) is 2. The number of hydrogen-bond donors (Lipinski definition) is 1. The fourth-order valence-corrected chi connectivity index (χ4v) is 1.86. The standard InChI is InChI=1S/C16H24O2/c1-10(2)12-8-7-11(3)13(9-12)14(17)15(18)16(4,5)6/h7-10,14,17H,1-6H3. The van der Waals surface area contributed by atoms with Crippen LogP contribution in [0.4, 0.5) is 0 Å². The molecule has 0 aliphatic rings. The van der Waals surface area contributed by atoms with Crippen molar-refractivity contribution in [3.8, 4) is 0 Å². The van der Waals surface area contributed by atoms with Crippen molar-refractivity contribution in [2.75, 3.05) is 0 Å². The van der Waals surface area contributed by atoms with Crippen molar-refractivity contribution >= 4 is 5.78 Å².